The minimum atomic E-state index is 0.266. The smallest absolute Gasteiger partial charge is 0.137 e. The first-order chi connectivity index (χ1) is 22.3. The van der Waals surface area contributed by atoms with E-state index in [1.54, 1.807) is 5.57 Å². The molecular weight excluding hydrogens is 548 g/mol. The highest BCUT2D eigenvalue weighted by molar-refractivity contribution is 6.13. The number of hydrogen-bond acceptors (Lipinski definition) is 3. The summed E-state index contributed by atoms with van der Waals surface area (Å²) in [5.41, 5.74) is 15.5. The zero-order valence-corrected chi connectivity index (χ0v) is 25.0. The highest BCUT2D eigenvalue weighted by Crippen LogP contribution is 2.53. The second-order valence-corrected chi connectivity index (χ2v) is 12.7. The SMILES string of the molecule is C1=CCC2C(=C1)c1cc(C3=CC=C4C(C3)C3=C(C=CCC3)N4c3ccccc3)ccc1N2c1cccc2oc3ccccc3c12. The van der Waals surface area contributed by atoms with E-state index in [9.17, 15) is 0 Å². The van der Waals surface area contributed by atoms with Crippen LogP contribution in [-0.4, -0.2) is 6.04 Å². The summed E-state index contributed by atoms with van der Waals surface area (Å²) in [7, 11) is 0. The van der Waals surface area contributed by atoms with Crippen LogP contribution >= 0.6 is 0 Å². The highest BCUT2D eigenvalue weighted by Gasteiger charge is 2.39. The summed E-state index contributed by atoms with van der Waals surface area (Å²) >= 11 is 0. The van der Waals surface area contributed by atoms with Crippen LogP contribution in [0.3, 0.4) is 0 Å². The van der Waals surface area contributed by atoms with Crippen molar-refractivity contribution in [3.8, 4) is 0 Å². The molecule has 3 nitrogen and oxygen atoms in total. The van der Waals surface area contributed by atoms with Crippen molar-refractivity contribution < 1.29 is 4.42 Å². The van der Waals surface area contributed by atoms with Gasteiger partial charge >= 0.3 is 0 Å². The van der Waals surface area contributed by atoms with Crippen LogP contribution in [0.1, 0.15) is 36.8 Å². The van der Waals surface area contributed by atoms with Crippen LogP contribution in [-0.2, 0) is 0 Å². The summed E-state index contributed by atoms with van der Waals surface area (Å²) in [4.78, 5) is 5.06. The Morgan fingerprint density at radius 2 is 1.64 bits per heavy atom. The number of hydrogen-bond donors (Lipinski definition) is 0. The van der Waals surface area contributed by atoms with E-state index in [-0.39, 0.29) is 6.04 Å². The number of para-hydroxylation sites is 2. The number of rotatable bonds is 3. The van der Waals surface area contributed by atoms with Crippen molar-refractivity contribution in [1.82, 2.24) is 0 Å². The summed E-state index contributed by atoms with van der Waals surface area (Å²) < 4.78 is 6.30. The molecule has 2 aliphatic heterocycles. The molecule has 3 aliphatic carbocycles. The predicted molar refractivity (Wildman–Crippen MR) is 186 cm³/mol. The van der Waals surface area contributed by atoms with E-state index in [1.807, 2.05) is 0 Å². The van der Waals surface area contributed by atoms with Gasteiger partial charge in [0.05, 0.1) is 17.1 Å². The Hall–Kier alpha value is -5.28. The van der Waals surface area contributed by atoms with Crippen molar-refractivity contribution in [2.45, 2.75) is 31.7 Å². The van der Waals surface area contributed by atoms with Crippen LogP contribution < -0.4 is 9.80 Å². The first-order valence-corrected chi connectivity index (χ1v) is 16.2. The number of furan rings is 1. The van der Waals surface area contributed by atoms with Gasteiger partial charge < -0.3 is 14.2 Å². The van der Waals surface area contributed by atoms with E-state index in [0.717, 1.165) is 36.8 Å². The fourth-order valence-electron chi connectivity index (χ4n) is 8.42. The molecule has 10 rings (SSSR count). The molecule has 0 amide bonds. The third kappa shape index (κ3) is 3.64. The van der Waals surface area contributed by atoms with Crippen LogP contribution in [0.5, 0.6) is 0 Å². The summed E-state index contributed by atoms with van der Waals surface area (Å²) in [6, 6.07) is 33.2. The fourth-order valence-corrected chi connectivity index (χ4v) is 8.42. The lowest BCUT2D eigenvalue weighted by atomic mass is 9.81. The van der Waals surface area contributed by atoms with Crippen molar-refractivity contribution in [3.63, 3.8) is 0 Å². The Morgan fingerprint density at radius 1 is 0.756 bits per heavy atom. The standard InChI is InChI=1S/C42H32N2O/c1-2-11-29(12-3-1)43-35-16-7-4-13-30(35)33-25-27(21-23-37(33)43)28-22-24-38-34(26-28)31-14-5-8-17-36(31)44(38)39-18-10-20-41-42(39)32-15-6-9-19-40(32)45-41/h1-3,5-12,14-16,18-24,26,33,36H,4,13,17,25H2. The average molecular weight is 581 g/mol. The molecule has 0 saturated heterocycles. The summed E-state index contributed by atoms with van der Waals surface area (Å²) in [5.74, 6) is 0.423. The van der Waals surface area contributed by atoms with Crippen molar-refractivity contribution in [2.24, 2.45) is 5.92 Å². The van der Waals surface area contributed by atoms with Crippen LogP contribution in [0.15, 0.2) is 155 Å². The number of benzene rings is 4. The van der Waals surface area contributed by atoms with Gasteiger partial charge in [-0.25, -0.2) is 0 Å². The maximum Gasteiger partial charge on any atom is 0.137 e. The van der Waals surface area contributed by atoms with Crippen molar-refractivity contribution in [2.75, 3.05) is 9.80 Å². The normalized spacial score (nSPS) is 21.5. The molecule has 2 atom stereocenters. The first-order valence-electron chi connectivity index (χ1n) is 16.2. The predicted octanol–water partition coefficient (Wildman–Crippen LogP) is 10.9. The first kappa shape index (κ1) is 25.1. The second kappa shape index (κ2) is 9.61. The zero-order valence-electron chi connectivity index (χ0n) is 25.0. The van der Waals surface area contributed by atoms with E-state index in [0.29, 0.717) is 5.92 Å². The summed E-state index contributed by atoms with van der Waals surface area (Å²) in [6.45, 7) is 0. The molecule has 216 valence electrons. The van der Waals surface area contributed by atoms with Crippen molar-refractivity contribution in [3.05, 3.63) is 162 Å². The Balaban J connectivity index is 1.08. The second-order valence-electron chi connectivity index (χ2n) is 12.7. The van der Waals surface area contributed by atoms with Gasteiger partial charge in [-0.15, -0.1) is 0 Å². The molecule has 0 bridgehead atoms. The third-order valence-corrected chi connectivity index (χ3v) is 10.4. The van der Waals surface area contributed by atoms with Crippen molar-refractivity contribution >= 4 is 50.1 Å². The van der Waals surface area contributed by atoms with Gasteiger partial charge in [0.2, 0.25) is 0 Å². The van der Waals surface area contributed by atoms with E-state index >= 15 is 0 Å². The van der Waals surface area contributed by atoms with Crippen molar-refractivity contribution in [1.29, 1.82) is 0 Å². The van der Waals surface area contributed by atoms with Gasteiger partial charge in [0.25, 0.3) is 0 Å². The van der Waals surface area contributed by atoms with E-state index in [4.69, 9.17) is 4.42 Å². The molecule has 5 aliphatic rings. The van der Waals surface area contributed by atoms with Crippen LogP contribution in [0.2, 0.25) is 0 Å². The molecule has 3 heterocycles. The molecule has 2 unspecified atom stereocenters. The van der Waals surface area contributed by atoms with Crippen LogP contribution in [0.25, 0.3) is 33.1 Å². The Bertz CT molecular complexity index is 2240. The highest BCUT2D eigenvalue weighted by atomic mass is 16.3. The molecule has 0 radical (unpaired) electrons. The number of allylic oxidation sites excluding steroid dienone is 8. The monoisotopic (exact) mass is 580 g/mol. The molecule has 5 aromatic rings. The van der Waals surface area contributed by atoms with Gasteiger partial charge in [0, 0.05) is 39.6 Å². The van der Waals surface area contributed by atoms with Gasteiger partial charge in [-0.1, -0.05) is 78.9 Å². The van der Waals surface area contributed by atoms with Gasteiger partial charge in [-0.05, 0) is 103 Å². The number of nitrogens with zero attached hydrogens (tertiary/aromatic N) is 2. The van der Waals surface area contributed by atoms with Gasteiger partial charge in [0.1, 0.15) is 11.2 Å². The minimum absolute atomic E-state index is 0.266. The molecule has 0 N–H and O–H groups in total. The van der Waals surface area contributed by atoms with Gasteiger partial charge in [0.15, 0.2) is 0 Å². The maximum atomic E-state index is 6.30. The molecule has 0 saturated carbocycles. The molecular formula is C42H32N2O. The lowest BCUT2D eigenvalue weighted by molar-refractivity contribution is 0.669. The third-order valence-electron chi connectivity index (χ3n) is 10.4. The quantitative estimate of drug-likeness (QED) is 0.212. The van der Waals surface area contributed by atoms with Crippen LogP contribution in [0, 0.1) is 5.92 Å². The fraction of sp³-hybridized carbons (Fsp3) is 0.143. The molecule has 0 fully saturated rings. The minimum Gasteiger partial charge on any atom is -0.456 e. The van der Waals surface area contributed by atoms with E-state index in [2.05, 4.69) is 143 Å². The van der Waals surface area contributed by atoms with Gasteiger partial charge in [-0.2, -0.15) is 0 Å². The zero-order chi connectivity index (χ0) is 29.5. The Labute approximate surface area is 263 Å². The average Bonchev–Trinajstić information content (AvgIpc) is 3.76. The number of fused-ring (bicyclic) bond motifs is 8. The molecule has 45 heavy (non-hydrogen) atoms. The van der Waals surface area contributed by atoms with Gasteiger partial charge in [-0.3, -0.25) is 0 Å². The van der Waals surface area contributed by atoms with Crippen LogP contribution in [0.4, 0.5) is 17.1 Å². The van der Waals surface area contributed by atoms with E-state index in [1.165, 1.54) is 61.5 Å². The molecule has 4 aromatic carbocycles. The largest absolute Gasteiger partial charge is 0.456 e. The maximum absolute atomic E-state index is 6.30. The molecule has 3 heteroatoms. The topological polar surface area (TPSA) is 19.6 Å². The molecule has 0 spiro atoms. The Kier molecular flexibility index (Phi) is 5.36. The van der Waals surface area contributed by atoms with E-state index < -0.39 is 0 Å². The summed E-state index contributed by atoms with van der Waals surface area (Å²) in [5, 5.41) is 2.37. The summed E-state index contributed by atoms with van der Waals surface area (Å²) in [6.07, 6.45) is 20.6. The Morgan fingerprint density at radius 3 is 2.60 bits per heavy atom. The lowest BCUT2D eigenvalue weighted by Crippen LogP contribution is -2.27. The lowest BCUT2D eigenvalue weighted by Gasteiger charge is -2.29. The molecule has 1 aromatic heterocycles. The number of anilines is 3.